The van der Waals surface area contributed by atoms with Crippen molar-refractivity contribution in [2.45, 2.75) is 18.7 Å². The van der Waals surface area contributed by atoms with Crippen molar-refractivity contribution >= 4 is 52.5 Å². The molecular formula is C11H12F3I2NO2. The number of halogens is 5. The Hall–Kier alpha value is -0.100. The molecule has 0 radical (unpaired) electrons. The number of rotatable bonds is 4. The minimum Gasteiger partial charge on any atom is -0.388 e. The van der Waals surface area contributed by atoms with Crippen LogP contribution >= 0.6 is 46.6 Å². The van der Waals surface area contributed by atoms with Gasteiger partial charge in [0.25, 0.3) is 0 Å². The van der Waals surface area contributed by atoms with Crippen LogP contribution in [0.25, 0.3) is 0 Å². The molecule has 0 spiro atoms. The zero-order chi connectivity index (χ0) is 13.8. The van der Waals surface area contributed by atoms with Crippen molar-refractivity contribution < 1.29 is 23.1 Å². The van der Waals surface area contributed by atoms with E-state index in [0.717, 1.165) is 3.57 Å². The predicted molar refractivity (Wildman–Crippen MR) is 83.2 cm³/mol. The Morgan fingerprint density at radius 1 is 1.42 bits per heavy atom. The van der Waals surface area contributed by atoms with E-state index in [1.54, 1.807) is 23.5 Å². The molecule has 3 nitrogen and oxygen atoms in total. The van der Waals surface area contributed by atoms with E-state index < -0.39 is 18.2 Å². The third-order valence-corrected chi connectivity index (χ3v) is 2.87. The van der Waals surface area contributed by atoms with Gasteiger partial charge in [0.2, 0.25) is 0 Å². The number of carbonyl (C=O) groups excluding carboxylic acids is 1. The van der Waals surface area contributed by atoms with Crippen LogP contribution < -0.4 is 5.32 Å². The molecule has 108 valence electrons. The highest BCUT2D eigenvalue weighted by molar-refractivity contribution is 14.1. The quantitative estimate of drug-likeness (QED) is 0.624. The molecule has 1 rings (SSSR count). The van der Waals surface area contributed by atoms with Crippen LogP contribution in [-0.2, 0) is 4.79 Å². The van der Waals surface area contributed by atoms with E-state index in [2.05, 4.69) is 22.6 Å². The molecule has 1 atom stereocenters. The molecule has 0 aliphatic heterocycles. The van der Waals surface area contributed by atoms with Gasteiger partial charge in [0.05, 0.1) is 6.10 Å². The van der Waals surface area contributed by atoms with Gasteiger partial charge >= 0.3 is 12.1 Å². The monoisotopic (exact) mass is 501 g/mol. The van der Waals surface area contributed by atoms with Gasteiger partial charge in [-0.3, -0.25) is 4.79 Å². The molecule has 1 unspecified atom stereocenters. The summed E-state index contributed by atoms with van der Waals surface area (Å²) in [6.07, 6.45) is -5.75. The number of aliphatic hydroxyl groups excluding tert-OH is 1. The molecule has 19 heavy (non-hydrogen) atoms. The van der Waals surface area contributed by atoms with E-state index in [4.69, 9.17) is 0 Å². The minimum atomic E-state index is -4.88. The van der Waals surface area contributed by atoms with E-state index in [1.807, 2.05) is 6.07 Å². The molecular weight excluding hydrogens is 489 g/mol. The first-order chi connectivity index (χ1) is 8.30. The lowest BCUT2D eigenvalue weighted by Gasteiger charge is -2.12. The fraction of sp³-hybridized carbons (Fsp3) is 0.364. The molecule has 2 N–H and O–H groups in total. The van der Waals surface area contributed by atoms with Gasteiger partial charge in [-0.25, -0.2) is 0 Å². The van der Waals surface area contributed by atoms with Gasteiger partial charge < -0.3 is 10.4 Å². The van der Waals surface area contributed by atoms with Crippen molar-refractivity contribution in [3.63, 3.8) is 0 Å². The lowest BCUT2D eigenvalue weighted by Crippen LogP contribution is -2.37. The lowest BCUT2D eigenvalue weighted by molar-refractivity contribution is -0.173. The molecule has 0 aromatic heterocycles. The molecule has 1 aromatic carbocycles. The summed E-state index contributed by atoms with van der Waals surface area (Å²) >= 11 is 2.07. The average Bonchev–Trinajstić information content (AvgIpc) is 2.27. The summed E-state index contributed by atoms with van der Waals surface area (Å²) in [5.74, 6) is -1.99. The van der Waals surface area contributed by atoms with Crippen molar-refractivity contribution in [2.24, 2.45) is 0 Å². The second-order valence-corrected chi connectivity index (χ2v) is 4.86. The first-order valence-electron chi connectivity index (χ1n) is 5.09. The number of nitrogens with one attached hydrogen (secondary N) is 1. The molecule has 0 aliphatic carbocycles. The Kier molecular flexibility index (Phi) is 8.20. The predicted octanol–water partition coefficient (Wildman–Crippen LogP) is 3.01. The van der Waals surface area contributed by atoms with E-state index >= 15 is 0 Å². The van der Waals surface area contributed by atoms with E-state index in [9.17, 15) is 23.1 Å². The normalized spacial score (nSPS) is 12.5. The summed E-state index contributed by atoms with van der Waals surface area (Å²) in [6, 6.07) is 6.99. The second kappa shape index (κ2) is 8.25. The Morgan fingerprint density at radius 2 is 2.05 bits per heavy atom. The van der Waals surface area contributed by atoms with Crippen molar-refractivity contribution in [3.05, 3.63) is 33.4 Å². The maximum atomic E-state index is 11.9. The highest BCUT2D eigenvalue weighted by atomic mass is 127. The SMILES string of the molecule is I.O=C(NCCC(O)c1cccc(I)c1)C(F)(F)F. The third kappa shape index (κ3) is 6.75. The number of benzene rings is 1. The molecule has 1 amide bonds. The Morgan fingerprint density at radius 3 is 2.58 bits per heavy atom. The zero-order valence-corrected chi connectivity index (χ0v) is 14.1. The number of carbonyl (C=O) groups is 1. The van der Waals surface area contributed by atoms with Crippen molar-refractivity contribution in [3.8, 4) is 0 Å². The van der Waals surface area contributed by atoms with Gasteiger partial charge in [-0.2, -0.15) is 13.2 Å². The first-order valence-corrected chi connectivity index (χ1v) is 6.17. The maximum Gasteiger partial charge on any atom is 0.471 e. The van der Waals surface area contributed by atoms with Crippen molar-refractivity contribution in [1.82, 2.24) is 5.32 Å². The van der Waals surface area contributed by atoms with Crippen LogP contribution in [0.4, 0.5) is 13.2 Å². The van der Waals surface area contributed by atoms with Crippen LogP contribution in [0.2, 0.25) is 0 Å². The number of amides is 1. The van der Waals surface area contributed by atoms with Gasteiger partial charge in [0.15, 0.2) is 0 Å². The molecule has 0 saturated carbocycles. The fourth-order valence-corrected chi connectivity index (χ4v) is 1.87. The molecule has 0 bridgehead atoms. The van der Waals surface area contributed by atoms with Crippen molar-refractivity contribution in [1.29, 1.82) is 0 Å². The molecule has 0 fully saturated rings. The van der Waals surface area contributed by atoms with Crippen LogP contribution in [0.1, 0.15) is 18.1 Å². The summed E-state index contributed by atoms with van der Waals surface area (Å²) in [4.78, 5) is 10.5. The molecule has 8 heteroatoms. The van der Waals surface area contributed by atoms with E-state index in [0.29, 0.717) is 5.56 Å². The zero-order valence-electron chi connectivity index (χ0n) is 9.58. The summed E-state index contributed by atoms with van der Waals surface area (Å²) in [6.45, 7) is -0.231. The fourth-order valence-electron chi connectivity index (χ4n) is 1.30. The third-order valence-electron chi connectivity index (χ3n) is 2.19. The topological polar surface area (TPSA) is 49.3 Å². The Balaban J connectivity index is 0.00000324. The standard InChI is InChI=1S/C11H11F3INO2.HI/c12-11(13,14)10(18)16-5-4-9(17)7-2-1-3-8(15)6-7;/h1-3,6,9,17H,4-5H2,(H,16,18);1H. The molecule has 0 saturated heterocycles. The highest BCUT2D eigenvalue weighted by Gasteiger charge is 2.38. The lowest BCUT2D eigenvalue weighted by atomic mass is 10.1. The number of aliphatic hydroxyl groups is 1. The smallest absolute Gasteiger partial charge is 0.388 e. The first kappa shape index (κ1) is 18.9. The van der Waals surface area contributed by atoms with Crippen LogP contribution in [0, 0.1) is 3.57 Å². The minimum absolute atomic E-state index is 0. The second-order valence-electron chi connectivity index (χ2n) is 3.61. The molecule has 1 aromatic rings. The highest BCUT2D eigenvalue weighted by Crippen LogP contribution is 2.19. The van der Waals surface area contributed by atoms with Crippen molar-refractivity contribution in [2.75, 3.05) is 6.54 Å². The number of hydrogen-bond acceptors (Lipinski definition) is 2. The Labute approximate surface area is 139 Å². The molecule has 0 aliphatic rings. The van der Waals surface area contributed by atoms with Gasteiger partial charge in [-0.15, -0.1) is 24.0 Å². The van der Waals surface area contributed by atoms with Gasteiger partial charge in [-0.05, 0) is 46.7 Å². The average molecular weight is 501 g/mol. The largest absolute Gasteiger partial charge is 0.471 e. The van der Waals surface area contributed by atoms with Crippen LogP contribution in [-0.4, -0.2) is 23.7 Å². The van der Waals surface area contributed by atoms with Gasteiger partial charge in [-0.1, -0.05) is 12.1 Å². The maximum absolute atomic E-state index is 11.9. The van der Waals surface area contributed by atoms with E-state index in [1.165, 1.54) is 0 Å². The van der Waals surface area contributed by atoms with Crippen LogP contribution in [0.5, 0.6) is 0 Å². The van der Waals surface area contributed by atoms with Gasteiger partial charge in [0.1, 0.15) is 0 Å². The van der Waals surface area contributed by atoms with E-state index in [-0.39, 0.29) is 36.9 Å². The van der Waals surface area contributed by atoms with Crippen LogP contribution in [0.15, 0.2) is 24.3 Å². The summed E-state index contributed by atoms with van der Waals surface area (Å²) in [7, 11) is 0. The number of alkyl halides is 3. The summed E-state index contributed by atoms with van der Waals surface area (Å²) in [5, 5.41) is 11.4. The Bertz CT molecular complexity index is 427. The summed E-state index contributed by atoms with van der Waals surface area (Å²) < 4.78 is 36.5. The number of hydrogen-bond donors (Lipinski definition) is 2. The van der Waals surface area contributed by atoms with Crippen LogP contribution in [0.3, 0.4) is 0 Å². The molecule has 0 heterocycles. The van der Waals surface area contributed by atoms with Gasteiger partial charge in [0, 0.05) is 10.1 Å². The summed E-state index contributed by atoms with van der Waals surface area (Å²) in [5.41, 5.74) is 0.614.